The Hall–Kier alpha value is -6.80. The van der Waals surface area contributed by atoms with Gasteiger partial charge in [0, 0.05) is 49.7 Å². The lowest BCUT2D eigenvalue weighted by Gasteiger charge is -2.35. The zero-order chi connectivity index (χ0) is 47.8. The lowest BCUT2D eigenvalue weighted by atomic mass is 9.85. The second-order valence-electron chi connectivity index (χ2n) is 20.0. The van der Waals surface area contributed by atoms with Crippen molar-refractivity contribution in [2.45, 2.75) is 108 Å². The van der Waals surface area contributed by atoms with Gasteiger partial charge in [0.2, 0.25) is 5.91 Å². The molecule has 3 fully saturated rings. The Morgan fingerprint density at radius 3 is 2.19 bits per heavy atom. The average molecular weight is 932 g/mol. The Balaban J connectivity index is 0.814. The van der Waals surface area contributed by atoms with E-state index in [9.17, 15) is 19.2 Å². The largest absolute Gasteiger partial charge is 0.453 e. The third-order valence-electron chi connectivity index (χ3n) is 14.4. The number of aryl methyl sites for hydroxylation is 1. The van der Waals surface area contributed by atoms with Gasteiger partial charge in [0.15, 0.2) is 0 Å². The number of H-pyrrole nitrogens is 1. The standard InChI is InChI=1S/C55H61N7O7/c1-55(2,3)69-54(66)60-49(34-22-26-68-27-23-34)51(63)61-24-8-12-46(61)44-31-42-41-20-18-38(29-39(41)19-21-43(42)57-44)35-14-15-37-30-40(17-16-36(37)28-35)45-32-56-50(58-45)47-13-9-25-62(47)52(64)48(59-53(65)67-4)33-10-6-5-7-11-33/h5-7,10-11,14-18,20,28-30,32,34,46-49H,8-9,12-13,19,21-27,31H2,1-4H3,(H,56,58)(H,59,65)(H,60,66)/t46-,47-,48+,49-/m0/s1. The molecule has 1 aliphatic carbocycles. The van der Waals surface area contributed by atoms with Crippen molar-refractivity contribution < 1.29 is 33.4 Å². The number of methoxy groups -OCH3 is 1. The molecule has 5 heterocycles. The summed E-state index contributed by atoms with van der Waals surface area (Å²) in [5.74, 6) is 0.431. The predicted octanol–water partition coefficient (Wildman–Crippen LogP) is 9.47. The molecule has 1 aromatic heterocycles. The molecule has 0 bridgehead atoms. The molecule has 0 unspecified atom stereocenters. The van der Waals surface area contributed by atoms with Gasteiger partial charge >= 0.3 is 12.2 Å². The van der Waals surface area contributed by atoms with Gasteiger partial charge in [-0.15, -0.1) is 0 Å². The highest BCUT2D eigenvalue weighted by Crippen LogP contribution is 2.42. The van der Waals surface area contributed by atoms with E-state index in [1.54, 1.807) is 4.90 Å². The van der Waals surface area contributed by atoms with Gasteiger partial charge in [0.1, 0.15) is 23.5 Å². The maximum atomic E-state index is 14.4. The number of rotatable bonds is 10. The fraction of sp³-hybridized carbons (Fsp3) is 0.418. The summed E-state index contributed by atoms with van der Waals surface area (Å²) in [6.07, 6.45) is 7.80. The number of ether oxygens (including phenoxy) is 3. The fourth-order valence-electron chi connectivity index (χ4n) is 11.0. The first-order chi connectivity index (χ1) is 33.4. The van der Waals surface area contributed by atoms with E-state index in [0.29, 0.717) is 57.0 Å². The van der Waals surface area contributed by atoms with Gasteiger partial charge in [-0.25, -0.2) is 14.6 Å². The van der Waals surface area contributed by atoms with E-state index in [2.05, 4.69) is 70.2 Å². The molecule has 5 aliphatic rings. The summed E-state index contributed by atoms with van der Waals surface area (Å²) in [5.41, 5.74) is 10.2. The zero-order valence-electron chi connectivity index (χ0n) is 39.9. The molecule has 0 saturated carbocycles. The number of aromatic amines is 1. The smallest absolute Gasteiger partial charge is 0.408 e. The molecule has 4 aromatic carbocycles. The van der Waals surface area contributed by atoms with Crippen LogP contribution >= 0.6 is 0 Å². The quantitative estimate of drug-likeness (QED) is 0.125. The van der Waals surface area contributed by atoms with E-state index in [1.165, 1.54) is 23.8 Å². The van der Waals surface area contributed by atoms with E-state index in [-0.39, 0.29) is 29.8 Å². The third-order valence-corrected chi connectivity index (χ3v) is 14.4. The van der Waals surface area contributed by atoms with Crippen molar-refractivity contribution in [3.63, 3.8) is 0 Å². The van der Waals surface area contributed by atoms with Gasteiger partial charge in [0.25, 0.3) is 5.91 Å². The molecule has 4 aliphatic heterocycles. The second-order valence-corrected chi connectivity index (χ2v) is 20.0. The lowest BCUT2D eigenvalue weighted by molar-refractivity contribution is -0.136. The van der Waals surface area contributed by atoms with Crippen molar-refractivity contribution in [3.8, 4) is 22.4 Å². The van der Waals surface area contributed by atoms with Gasteiger partial charge in [-0.05, 0) is 134 Å². The van der Waals surface area contributed by atoms with Crippen LogP contribution < -0.4 is 10.6 Å². The van der Waals surface area contributed by atoms with E-state index >= 15 is 0 Å². The Morgan fingerprint density at radius 1 is 0.768 bits per heavy atom. The Kier molecular flexibility index (Phi) is 12.9. The summed E-state index contributed by atoms with van der Waals surface area (Å²) in [6.45, 7) is 7.82. The van der Waals surface area contributed by atoms with Gasteiger partial charge in [0.05, 0.1) is 31.1 Å². The summed E-state index contributed by atoms with van der Waals surface area (Å²) in [7, 11) is 1.29. The maximum Gasteiger partial charge on any atom is 0.408 e. The fourth-order valence-corrected chi connectivity index (χ4v) is 11.0. The first kappa shape index (κ1) is 46.0. The number of aliphatic imine (C=N–C) groups is 1. The number of nitrogens with one attached hydrogen (secondary N) is 3. The van der Waals surface area contributed by atoms with Crippen LogP contribution in [0, 0.1) is 5.92 Å². The number of imidazole rings is 1. The highest BCUT2D eigenvalue weighted by molar-refractivity contribution is 6.05. The monoisotopic (exact) mass is 931 g/mol. The average Bonchev–Trinajstić information content (AvgIpc) is 4.21. The van der Waals surface area contributed by atoms with Crippen molar-refractivity contribution in [1.82, 2.24) is 30.4 Å². The van der Waals surface area contributed by atoms with Gasteiger partial charge < -0.3 is 39.6 Å². The Bertz CT molecular complexity index is 2840. The number of carbonyl (C=O) groups is 4. The zero-order valence-corrected chi connectivity index (χ0v) is 39.9. The molecule has 10 rings (SSSR count). The molecule has 14 nitrogen and oxygen atoms in total. The van der Waals surface area contributed by atoms with Crippen LogP contribution in [0.5, 0.6) is 0 Å². The number of benzene rings is 4. The maximum absolute atomic E-state index is 14.4. The highest BCUT2D eigenvalue weighted by Gasteiger charge is 2.42. The molecule has 0 spiro atoms. The third kappa shape index (κ3) is 9.64. The molecule has 358 valence electrons. The number of hydrogen-bond donors (Lipinski definition) is 3. The topological polar surface area (TPSA) is 168 Å². The van der Waals surface area contributed by atoms with Crippen LogP contribution in [0.1, 0.15) is 107 Å². The first-order valence-corrected chi connectivity index (χ1v) is 24.5. The number of fused-ring (bicyclic) bond motifs is 3. The number of hydrogen-bond acceptors (Lipinski definition) is 9. The van der Waals surface area contributed by atoms with E-state index in [4.69, 9.17) is 24.2 Å². The molecule has 14 heteroatoms. The first-order valence-electron chi connectivity index (χ1n) is 24.5. The second kappa shape index (κ2) is 19.3. The molecule has 5 aromatic rings. The number of nitrogens with zero attached hydrogens (tertiary/aromatic N) is 4. The SMILES string of the molecule is COC(=O)N[C@@H](C(=O)N1CCC[C@H]1c1ncc(-c2ccc3cc(-c4ccc5c(c4)CCC4=C5CC([C@@H]5CCCN5C(=O)[C@@H](NC(=O)OC(C)(C)C)C5CCOCC5)=N4)ccc3c2)[nH]1)c1ccccc1. The molecule has 4 atom stereocenters. The molecule has 3 saturated heterocycles. The van der Waals surface area contributed by atoms with Crippen molar-refractivity contribution in [2.24, 2.45) is 10.9 Å². The number of allylic oxidation sites excluding steroid dienone is 2. The van der Waals surface area contributed by atoms with Gasteiger partial charge in [-0.1, -0.05) is 72.8 Å². The molecular formula is C55H61N7O7. The summed E-state index contributed by atoms with van der Waals surface area (Å²) in [6, 6.07) is 27.1. The summed E-state index contributed by atoms with van der Waals surface area (Å²) >= 11 is 0. The molecule has 69 heavy (non-hydrogen) atoms. The number of likely N-dealkylation sites (tertiary alicyclic amines) is 2. The Morgan fingerprint density at radius 2 is 1.45 bits per heavy atom. The summed E-state index contributed by atoms with van der Waals surface area (Å²) in [5, 5.41) is 7.94. The highest BCUT2D eigenvalue weighted by atomic mass is 16.6. The van der Waals surface area contributed by atoms with Crippen LogP contribution in [-0.2, 0) is 30.2 Å². The minimum Gasteiger partial charge on any atom is -0.453 e. The van der Waals surface area contributed by atoms with E-state index < -0.39 is 29.9 Å². The van der Waals surface area contributed by atoms with Crippen LogP contribution in [-0.4, -0.2) is 101 Å². The number of aromatic nitrogens is 2. The van der Waals surface area contributed by atoms with Crippen molar-refractivity contribution in [3.05, 3.63) is 119 Å². The van der Waals surface area contributed by atoms with Gasteiger partial charge in [-0.3, -0.25) is 14.6 Å². The van der Waals surface area contributed by atoms with Gasteiger partial charge in [-0.2, -0.15) is 0 Å². The van der Waals surface area contributed by atoms with Crippen LogP contribution in [0.2, 0.25) is 0 Å². The molecule has 3 N–H and O–H groups in total. The molecular weight excluding hydrogens is 871 g/mol. The summed E-state index contributed by atoms with van der Waals surface area (Å²) < 4.78 is 16.1. The van der Waals surface area contributed by atoms with E-state index in [1.807, 2.05) is 62.2 Å². The number of carbonyl (C=O) groups excluding carboxylic acids is 4. The van der Waals surface area contributed by atoms with Crippen LogP contribution in [0.3, 0.4) is 0 Å². The number of alkyl carbamates (subject to hydrolysis) is 2. The Labute approximate surface area is 402 Å². The normalized spacial score (nSPS) is 20.3. The predicted molar refractivity (Wildman–Crippen MR) is 264 cm³/mol. The molecule has 4 amide bonds. The van der Waals surface area contributed by atoms with Crippen LogP contribution in [0.25, 0.3) is 38.7 Å². The van der Waals surface area contributed by atoms with Crippen molar-refractivity contribution in [1.29, 1.82) is 0 Å². The van der Waals surface area contributed by atoms with Crippen molar-refractivity contribution >= 4 is 46.1 Å². The lowest BCUT2D eigenvalue weighted by Crippen LogP contribution is -2.56. The van der Waals surface area contributed by atoms with E-state index in [0.717, 1.165) is 83.1 Å². The minimum absolute atomic E-state index is 0.0242. The minimum atomic E-state index is -0.881. The van der Waals surface area contributed by atoms with Crippen molar-refractivity contribution in [2.75, 3.05) is 33.4 Å². The van der Waals surface area contributed by atoms with Crippen LogP contribution in [0.15, 0.2) is 102 Å². The molecule has 0 radical (unpaired) electrons. The summed E-state index contributed by atoms with van der Waals surface area (Å²) in [4.78, 5) is 71.1. The number of amides is 4. The van der Waals surface area contributed by atoms with Crippen LogP contribution in [0.4, 0.5) is 9.59 Å².